The Morgan fingerprint density at radius 1 is 1.18 bits per heavy atom. The highest BCUT2D eigenvalue weighted by atomic mass is 35.5. The molecule has 2 aromatic carbocycles. The van der Waals surface area contributed by atoms with Crippen LogP contribution in [0.2, 0.25) is 5.02 Å². The van der Waals surface area contributed by atoms with E-state index in [9.17, 15) is 9.59 Å². The number of aromatic nitrogens is 1. The number of likely N-dealkylation sites (tertiary alicyclic amines) is 1. The molecule has 1 aromatic heterocycles. The Morgan fingerprint density at radius 2 is 2.00 bits per heavy atom. The number of carbonyl (C=O) groups excluding carboxylic acids is 2. The fourth-order valence-electron chi connectivity index (χ4n) is 5.60. The summed E-state index contributed by atoms with van der Waals surface area (Å²) in [6.45, 7) is 1.40. The molecule has 3 aromatic rings. The Hall–Kier alpha value is -3.09. The molecular formula is C26H24ClN3O3. The lowest BCUT2D eigenvalue weighted by Gasteiger charge is -2.23. The second kappa shape index (κ2) is 7.75. The van der Waals surface area contributed by atoms with E-state index in [1.165, 1.54) is 10.9 Å². The number of benzene rings is 2. The van der Waals surface area contributed by atoms with Crippen LogP contribution in [0.3, 0.4) is 0 Å². The number of hydrogen-bond acceptors (Lipinski definition) is 3. The smallest absolute Gasteiger partial charge is 0.230 e. The molecule has 6 nitrogen and oxygen atoms in total. The molecule has 1 spiro atoms. The van der Waals surface area contributed by atoms with E-state index in [-0.39, 0.29) is 17.9 Å². The van der Waals surface area contributed by atoms with Gasteiger partial charge in [0, 0.05) is 35.2 Å². The molecule has 3 aliphatic heterocycles. The van der Waals surface area contributed by atoms with Gasteiger partial charge in [0.05, 0.1) is 24.5 Å². The maximum atomic E-state index is 13.4. The minimum atomic E-state index is -0.700. The Balaban J connectivity index is 1.17. The fourth-order valence-corrected chi connectivity index (χ4v) is 5.81. The number of nitrogens with one attached hydrogen (secondary N) is 2. The van der Waals surface area contributed by atoms with Gasteiger partial charge in [-0.3, -0.25) is 9.59 Å². The molecule has 0 unspecified atom stereocenters. The molecule has 2 bridgehead atoms. The summed E-state index contributed by atoms with van der Waals surface area (Å²) in [7, 11) is 0. The number of carbonyl (C=O) groups is 2. The largest absolute Gasteiger partial charge is 0.361 e. The summed E-state index contributed by atoms with van der Waals surface area (Å²) in [5.74, 6) is -1.17. The summed E-state index contributed by atoms with van der Waals surface area (Å²) < 4.78 is 6.23. The van der Waals surface area contributed by atoms with Crippen LogP contribution in [0.15, 0.2) is 66.9 Å². The van der Waals surface area contributed by atoms with E-state index in [1.807, 2.05) is 59.6 Å². The van der Waals surface area contributed by atoms with Crippen molar-refractivity contribution in [1.82, 2.24) is 15.2 Å². The van der Waals surface area contributed by atoms with Crippen LogP contribution in [0.1, 0.15) is 11.1 Å². The molecule has 2 fully saturated rings. The van der Waals surface area contributed by atoms with Crippen LogP contribution in [0, 0.1) is 11.8 Å². The van der Waals surface area contributed by atoms with Gasteiger partial charge in [-0.25, -0.2) is 0 Å². The molecule has 4 heterocycles. The first-order valence-electron chi connectivity index (χ1n) is 11.3. The standard InChI is InChI=1S/C26H24ClN3O3/c27-19-7-3-1-5-17(19)14-29-24(31)22-21-9-11-26(33-21)15-30(25(32)23(22)26)12-10-16-13-28-20-8-4-2-6-18(16)20/h1-9,11,13,21-23,28H,10,12,14-15H2,(H,29,31)/t21-,22-,23+,26+/m1/s1. The van der Waals surface area contributed by atoms with E-state index in [1.54, 1.807) is 6.07 Å². The van der Waals surface area contributed by atoms with Crippen LogP contribution >= 0.6 is 11.6 Å². The summed E-state index contributed by atoms with van der Waals surface area (Å²) in [4.78, 5) is 31.7. The number of aromatic amines is 1. The molecule has 3 aliphatic rings. The van der Waals surface area contributed by atoms with E-state index in [2.05, 4.69) is 16.4 Å². The van der Waals surface area contributed by atoms with Gasteiger partial charge in [-0.2, -0.15) is 0 Å². The second-order valence-electron chi connectivity index (χ2n) is 9.08. The first-order valence-corrected chi connectivity index (χ1v) is 11.7. The maximum absolute atomic E-state index is 13.4. The normalized spacial score (nSPS) is 27.5. The van der Waals surface area contributed by atoms with E-state index in [4.69, 9.17) is 16.3 Å². The first-order chi connectivity index (χ1) is 16.1. The molecule has 2 N–H and O–H groups in total. The number of amides is 2. The van der Waals surface area contributed by atoms with Crippen molar-refractivity contribution in [2.45, 2.75) is 24.7 Å². The molecule has 0 aliphatic carbocycles. The Labute approximate surface area is 196 Å². The molecule has 168 valence electrons. The number of H-pyrrole nitrogens is 1. The van der Waals surface area contributed by atoms with Crippen LogP contribution in [0.25, 0.3) is 10.9 Å². The van der Waals surface area contributed by atoms with Crippen LogP contribution < -0.4 is 5.32 Å². The van der Waals surface area contributed by atoms with Gasteiger partial charge in [-0.05, 0) is 29.7 Å². The van der Waals surface area contributed by atoms with Crippen LogP contribution in [-0.2, 0) is 27.3 Å². The van der Waals surface area contributed by atoms with Crippen LogP contribution in [0.5, 0.6) is 0 Å². The lowest BCUT2D eigenvalue weighted by atomic mass is 9.77. The molecular weight excluding hydrogens is 438 g/mol. The lowest BCUT2D eigenvalue weighted by Crippen LogP contribution is -2.44. The molecule has 0 saturated carbocycles. The minimum absolute atomic E-state index is 0.000384. The van der Waals surface area contributed by atoms with Crippen molar-refractivity contribution in [1.29, 1.82) is 0 Å². The third kappa shape index (κ3) is 3.28. The molecule has 0 radical (unpaired) electrons. The zero-order valence-corrected chi connectivity index (χ0v) is 18.7. The summed E-state index contributed by atoms with van der Waals surface area (Å²) in [6.07, 6.45) is 6.32. The summed E-state index contributed by atoms with van der Waals surface area (Å²) in [6, 6.07) is 15.6. The van der Waals surface area contributed by atoms with E-state index < -0.39 is 17.4 Å². The number of fused-ring (bicyclic) bond motifs is 2. The highest BCUT2D eigenvalue weighted by Crippen LogP contribution is 2.51. The quantitative estimate of drug-likeness (QED) is 0.552. The van der Waals surface area contributed by atoms with Gasteiger partial charge in [0.1, 0.15) is 5.60 Å². The number of para-hydroxylation sites is 1. The van der Waals surface area contributed by atoms with Gasteiger partial charge in [-0.1, -0.05) is 60.2 Å². The van der Waals surface area contributed by atoms with Crippen molar-refractivity contribution in [2.75, 3.05) is 13.1 Å². The SMILES string of the molecule is O=C(NCc1ccccc1Cl)[C@H]1[C@H]2C(=O)N(CCc3c[nH]c4ccccc34)C[C@@]23C=C[C@H]1O3. The number of halogens is 1. The van der Waals surface area contributed by atoms with Gasteiger partial charge in [0.15, 0.2) is 0 Å². The molecule has 6 rings (SSSR count). The van der Waals surface area contributed by atoms with Crippen molar-refractivity contribution in [3.63, 3.8) is 0 Å². The summed E-state index contributed by atoms with van der Waals surface area (Å²) in [5.41, 5.74) is 2.42. The Morgan fingerprint density at radius 3 is 2.88 bits per heavy atom. The minimum Gasteiger partial charge on any atom is -0.361 e. The third-order valence-electron chi connectivity index (χ3n) is 7.22. The van der Waals surface area contributed by atoms with Gasteiger partial charge in [-0.15, -0.1) is 0 Å². The summed E-state index contributed by atoms with van der Waals surface area (Å²) >= 11 is 6.22. The lowest BCUT2D eigenvalue weighted by molar-refractivity contribution is -0.137. The zero-order chi connectivity index (χ0) is 22.6. The Bertz CT molecular complexity index is 1280. The maximum Gasteiger partial charge on any atom is 0.230 e. The first kappa shape index (κ1) is 20.5. The predicted octanol–water partition coefficient (Wildman–Crippen LogP) is 3.46. The number of ether oxygens (including phenoxy) is 1. The number of nitrogens with zero attached hydrogens (tertiary/aromatic N) is 1. The molecule has 2 saturated heterocycles. The molecule has 4 atom stereocenters. The average molecular weight is 462 g/mol. The average Bonchev–Trinajstić information content (AvgIpc) is 3.57. The number of hydrogen-bond donors (Lipinski definition) is 2. The second-order valence-corrected chi connectivity index (χ2v) is 9.49. The van der Waals surface area contributed by atoms with E-state index >= 15 is 0 Å². The Kier molecular flexibility index (Phi) is 4.82. The van der Waals surface area contributed by atoms with Crippen LogP contribution in [-0.4, -0.2) is 46.5 Å². The van der Waals surface area contributed by atoms with Crippen molar-refractivity contribution < 1.29 is 14.3 Å². The van der Waals surface area contributed by atoms with Crippen molar-refractivity contribution in [2.24, 2.45) is 11.8 Å². The third-order valence-corrected chi connectivity index (χ3v) is 7.59. The fraction of sp³-hybridized carbons (Fsp3) is 0.308. The van der Waals surface area contributed by atoms with Gasteiger partial charge >= 0.3 is 0 Å². The van der Waals surface area contributed by atoms with Gasteiger partial charge < -0.3 is 19.9 Å². The van der Waals surface area contributed by atoms with Crippen molar-refractivity contribution >= 4 is 34.3 Å². The molecule has 2 amide bonds. The van der Waals surface area contributed by atoms with Crippen LogP contribution in [0.4, 0.5) is 0 Å². The predicted molar refractivity (Wildman–Crippen MR) is 126 cm³/mol. The van der Waals surface area contributed by atoms with Gasteiger partial charge in [0.25, 0.3) is 0 Å². The zero-order valence-electron chi connectivity index (χ0n) is 18.0. The topological polar surface area (TPSA) is 74.4 Å². The highest BCUT2D eigenvalue weighted by Gasteiger charge is 2.66. The summed E-state index contributed by atoms with van der Waals surface area (Å²) in [5, 5.41) is 4.76. The van der Waals surface area contributed by atoms with Gasteiger partial charge in [0.2, 0.25) is 11.8 Å². The number of rotatable bonds is 6. The van der Waals surface area contributed by atoms with E-state index in [0.717, 1.165) is 17.5 Å². The van der Waals surface area contributed by atoms with Crippen molar-refractivity contribution in [3.8, 4) is 0 Å². The molecule has 33 heavy (non-hydrogen) atoms. The highest BCUT2D eigenvalue weighted by molar-refractivity contribution is 6.31. The van der Waals surface area contributed by atoms with E-state index in [0.29, 0.717) is 24.7 Å². The monoisotopic (exact) mass is 461 g/mol. The van der Waals surface area contributed by atoms with Crippen molar-refractivity contribution in [3.05, 3.63) is 83.0 Å². The molecule has 7 heteroatoms.